The molecule has 11 heteroatoms. The van der Waals surface area contributed by atoms with Gasteiger partial charge in [0.15, 0.2) is 0 Å². The van der Waals surface area contributed by atoms with E-state index in [1.54, 1.807) is 17.0 Å². The summed E-state index contributed by atoms with van der Waals surface area (Å²) in [4.78, 5) is 1.80. The van der Waals surface area contributed by atoms with Gasteiger partial charge in [0.1, 0.15) is 6.54 Å². The Morgan fingerprint density at radius 3 is 2.54 bits per heavy atom. The zero-order valence-electron chi connectivity index (χ0n) is 12.9. The fourth-order valence-corrected chi connectivity index (χ4v) is 2.60. The molecule has 0 aliphatic rings. The lowest BCUT2D eigenvalue weighted by molar-refractivity contribution is -0.613. The van der Waals surface area contributed by atoms with Crippen LogP contribution in [-0.2, 0) is 16.6 Å². The monoisotopic (exact) mass is 359 g/mol. The molecule has 0 N–H and O–H groups in total. The molecule has 0 spiro atoms. The lowest BCUT2D eigenvalue weighted by atomic mass is 10.4. The quantitative estimate of drug-likeness (QED) is 0.406. The fraction of sp³-hybridized carbons (Fsp3) is 0.308. The number of hydrogen-bond donors (Lipinski definition) is 0. The molecule has 24 heavy (non-hydrogen) atoms. The van der Waals surface area contributed by atoms with E-state index >= 15 is 0 Å². The molecule has 0 bridgehead atoms. The first-order valence-corrected chi connectivity index (χ1v) is 8.15. The largest absolute Gasteiger partial charge is 0.806 e. The van der Waals surface area contributed by atoms with Gasteiger partial charge in [0, 0.05) is 42.5 Å². The molecule has 2 heterocycles. The van der Waals surface area contributed by atoms with Gasteiger partial charge in [-0.25, -0.2) is 13.3 Å². The van der Waals surface area contributed by atoms with Gasteiger partial charge in [0.05, 0.1) is 12.4 Å². The van der Waals surface area contributed by atoms with Crippen molar-refractivity contribution >= 4 is 21.7 Å². The molecule has 0 amide bonds. The van der Waals surface area contributed by atoms with Crippen LogP contribution in [0.2, 0.25) is 0 Å². The summed E-state index contributed by atoms with van der Waals surface area (Å²) >= 11 is 0. The van der Waals surface area contributed by atoms with Gasteiger partial charge in [-0.2, -0.15) is 13.5 Å². The predicted octanol–water partition coefficient (Wildman–Crippen LogP) is -0.545. The number of halogens is 2. The van der Waals surface area contributed by atoms with Crippen molar-refractivity contribution in [2.45, 2.75) is 18.0 Å². The fourth-order valence-electron chi connectivity index (χ4n) is 1.76. The summed E-state index contributed by atoms with van der Waals surface area (Å²) in [6.45, 7) is -0.746. The maximum absolute atomic E-state index is 12.3. The van der Waals surface area contributed by atoms with Crippen molar-refractivity contribution < 1.29 is 26.9 Å². The number of pyridine rings is 1. The highest BCUT2D eigenvalue weighted by atomic mass is 32.2. The summed E-state index contributed by atoms with van der Waals surface area (Å²) in [5, 5.41) is 14.9. The highest BCUT2D eigenvalue weighted by Gasteiger charge is 2.23. The Balaban J connectivity index is 2.25. The molecule has 0 aliphatic heterocycles. The van der Waals surface area contributed by atoms with Crippen LogP contribution in [0.1, 0.15) is 0 Å². The van der Waals surface area contributed by atoms with E-state index in [9.17, 15) is 22.3 Å². The number of nitrogens with zero attached hydrogens (tertiary/aromatic N) is 5. The van der Waals surface area contributed by atoms with Gasteiger partial charge in [0.25, 0.3) is 12.4 Å². The second-order valence-corrected chi connectivity index (χ2v) is 6.53. The minimum atomic E-state index is -4.38. The Hall–Kier alpha value is -2.56. The van der Waals surface area contributed by atoms with E-state index in [4.69, 9.17) is 0 Å². The van der Waals surface area contributed by atoms with Crippen LogP contribution in [0.5, 0.6) is 0 Å². The number of alkyl halides is 2. The van der Waals surface area contributed by atoms with Crippen molar-refractivity contribution in [1.29, 1.82) is 0 Å². The van der Waals surface area contributed by atoms with Crippen LogP contribution in [0.4, 0.5) is 14.5 Å². The molecule has 0 aromatic carbocycles. The minimum Gasteiger partial charge on any atom is -0.806 e. The van der Waals surface area contributed by atoms with Crippen molar-refractivity contribution in [2.75, 3.05) is 19.0 Å². The first-order valence-electron chi connectivity index (χ1n) is 6.71. The molecule has 0 saturated heterocycles. The van der Waals surface area contributed by atoms with Crippen LogP contribution >= 0.6 is 0 Å². The molecule has 0 saturated carbocycles. The summed E-state index contributed by atoms with van der Waals surface area (Å²) in [7, 11) is -0.759. The molecule has 0 atom stereocenters. The lowest BCUT2D eigenvalue weighted by Gasteiger charge is -2.12. The first-order chi connectivity index (χ1) is 11.2. The summed E-state index contributed by atoms with van der Waals surface area (Å²) in [6.07, 6.45) is 1.14. The zero-order valence-corrected chi connectivity index (χ0v) is 13.7. The lowest BCUT2D eigenvalue weighted by Crippen LogP contribution is -2.51. The smallest absolute Gasteiger partial charge is 0.388 e. The number of sulfonamides is 1. The Morgan fingerprint density at radius 1 is 1.38 bits per heavy atom. The average Bonchev–Trinajstić information content (AvgIpc) is 2.95. The van der Waals surface area contributed by atoms with Crippen LogP contribution in [-0.4, -0.2) is 44.7 Å². The zero-order chi connectivity index (χ0) is 17.9. The summed E-state index contributed by atoms with van der Waals surface area (Å²) in [5.41, 5.74) is 0.813. The third kappa shape index (κ3) is 4.25. The van der Waals surface area contributed by atoms with Gasteiger partial charge in [-0.3, -0.25) is 4.68 Å². The number of aromatic nitrogens is 3. The minimum absolute atomic E-state index is 0.568. The number of hydrogen-bond acceptors (Lipinski definition) is 5. The summed E-state index contributed by atoms with van der Waals surface area (Å²) in [6, 6.07) is 3.19. The molecule has 130 valence electrons. The maximum Gasteiger partial charge on any atom is 0.388 e. The highest BCUT2D eigenvalue weighted by molar-refractivity contribution is 7.90. The van der Waals surface area contributed by atoms with Crippen LogP contribution in [0, 0.1) is 0 Å². The summed E-state index contributed by atoms with van der Waals surface area (Å²) in [5.74, 6) is 0. The topological polar surface area (TPSA) is 94.5 Å². The van der Waals surface area contributed by atoms with Gasteiger partial charge in [-0.05, 0) is 6.07 Å². The van der Waals surface area contributed by atoms with Crippen LogP contribution in [0.3, 0.4) is 0 Å². The molecule has 2 rings (SSSR count). The van der Waals surface area contributed by atoms with E-state index in [2.05, 4.69) is 9.50 Å². The van der Waals surface area contributed by atoms with Crippen molar-refractivity contribution in [2.24, 2.45) is 4.40 Å². The molecular weight excluding hydrogens is 344 g/mol. The van der Waals surface area contributed by atoms with Gasteiger partial charge >= 0.3 is 10.0 Å². The van der Waals surface area contributed by atoms with Gasteiger partial charge in [0.2, 0.25) is 5.03 Å². The van der Waals surface area contributed by atoms with Crippen molar-refractivity contribution in [3.8, 4) is 0 Å². The Labute approximate surface area is 137 Å². The average molecular weight is 359 g/mol. The van der Waals surface area contributed by atoms with Gasteiger partial charge in [-0.1, -0.05) is 0 Å². The Bertz CT molecular complexity index is 832. The molecule has 0 fully saturated rings. The molecule has 0 aliphatic carbocycles. The van der Waals surface area contributed by atoms with E-state index in [0.717, 1.165) is 27.2 Å². The van der Waals surface area contributed by atoms with Crippen LogP contribution < -0.4 is 14.6 Å². The van der Waals surface area contributed by atoms with E-state index in [1.165, 1.54) is 12.4 Å². The maximum atomic E-state index is 12.3. The first kappa shape index (κ1) is 17.8. The van der Waals surface area contributed by atoms with Crippen LogP contribution in [0.25, 0.3) is 0 Å². The van der Waals surface area contributed by atoms with Gasteiger partial charge < -0.3 is 10.0 Å². The highest BCUT2D eigenvalue weighted by Crippen LogP contribution is 2.10. The number of anilines is 1. The standard InChI is InChI=1S/C13H15F2N5O3S/c1-18(2)10-3-6-19(7-4-10)13(21)17-24(22,23)12-5-8-20(16-12)9-11(14)15/h3-8,11H,9H2,1-2H3. The van der Waals surface area contributed by atoms with Gasteiger partial charge in [-0.15, -0.1) is 0 Å². The normalized spacial score (nSPS) is 12.6. The third-order valence-corrected chi connectivity index (χ3v) is 4.10. The summed E-state index contributed by atoms with van der Waals surface area (Å²) < 4.78 is 53.4. The third-order valence-electron chi connectivity index (χ3n) is 2.95. The van der Waals surface area contributed by atoms with E-state index in [0.29, 0.717) is 0 Å². The molecule has 0 unspecified atom stereocenters. The van der Waals surface area contributed by atoms with Crippen molar-refractivity contribution in [3.05, 3.63) is 36.8 Å². The Kier molecular flexibility index (Phi) is 5.12. The molecule has 8 nitrogen and oxygen atoms in total. The van der Waals surface area contributed by atoms with Crippen molar-refractivity contribution in [3.63, 3.8) is 0 Å². The molecular formula is C13H15F2N5O3S. The SMILES string of the molecule is CN(C)c1cc[n+](/C([O-])=N/S(=O)(=O)c2ccn(CC(F)F)n2)cc1. The number of rotatable bonds is 5. The predicted molar refractivity (Wildman–Crippen MR) is 79.2 cm³/mol. The van der Waals surface area contributed by atoms with E-state index in [-0.39, 0.29) is 0 Å². The molecule has 2 aromatic rings. The molecule has 2 aromatic heterocycles. The Morgan fingerprint density at radius 2 is 2.00 bits per heavy atom. The van der Waals surface area contributed by atoms with E-state index < -0.39 is 34.0 Å². The second kappa shape index (κ2) is 6.91. The van der Waals surface area contributed by atoms with E-state index in [1.807, 2.05) is 14.1 Å². The van der Waals surface area contributed by atoms with Crippen molar-refractivity contribution in [1.82, 2.24) is 9.78 Å². The van der Waals surface area contributed by atoms with Crippen LogP contribution in [0.15, 0.2) is 46.2 Å². The second-order valence-electron chi connectivity index (χ2n) is 4.97. The molecule has 0 radical (unpaired) electrons.